The van der Waals surface area contributed by atoms with E-state index in [2.05, 4.69) is 13.0 Å². The molecular formula is C19H34O2. The van der Waals surface area contributed by atoms with Gasteiger partial charge in [0.25, 0.3) is 0 Å². The van der Waals surface area contributed by atoms with Crippen LogP contribution < -0.4 is 0 Å². The molecule has 0 aromatic heterocycles. The van der Waals surface area contributed by atoms with Gasteiger partial charge >= 0.3 is 5.97 Å². The highest BCUT2D eigenvalue weighted by molar-refractivity contribution is 5.66. The number of unbranched alkanes of at least 4 members (excludes halogenated alkanes) is 9. The van der Waals surface area contributed by atoms with E-state index in [-0.39, 0.29) is 0 Å². The maximum absolute atomic E-state index is 10.4. The van der Waals surface area contributed by atoms with E-state index < -0.39 is 5.97 Å². The van der Waals surface area contributed by atoms with Crippen LogP contribution in [0.5, 0.6) is 0 Å². The van der Waals surface area contributed by atoms with Crippen LogP contribution in [0.15, 0.2) is 11.6 Å². The predicted octanol–water partition coefficient (Wildman–Crippen LogP) is 6.11. The molecule has 21 heavy (non-hydrogen) atoms. The lowest BCUT2D eigenvalue weighted by atomic mass is 10.1. The molecule has 1 rings (SSSR count). The van der Waals surface area contributed by atoms with E-state index in [1.165, 1.54) is 70.6 Å². The Morgan fingerprint density at radius 3 is 2.48 bits per heavy atom. The summed E-state index contributed by atoms with van der Waals surface area (Å²) in [6.07, 6.45) is 19.5. The van der Waals surface area contributed by atoms with Gasteiger partial charge in [-0.2, -0.15) is 0 Å². The van der Waals surface area contributed by atoms with Crippen LogP contribution in [0.25, 0.3) is 0 Å². The van der Waals surface area contributed by atoms with E-state index in [0.717, 1.165) is 18.8 Å². The van der Waals surface area contributed by atoms with Crippen LogP contribution in [0.3, 0.4) is 0 Å². The molecule has 0 aliphatic heterocycles. The summed E-state index contributed by atoms with van der Waals surface area (Å²) in [7, 11) is 0. The fraction of sp³-hybridized carbons (Fsp3) is 0.842. The summed E-state index contributed by atoms with van der Waals surface area (Å²) in [5.41, 5.74) is 1.70. The van der Waals surface area contributed by atoms with Gasteiger partial charge in [-0.15, -0.1) is 0 Å². The van der Waals surface area contributed by atoms with Gasteiger partial charge in [-0.1, -0.05) is 69.9 Å². The van der Waals surface area contributed by atoms with Crippen molar-refractivity contribution in [2.45, 2.75) is 96.8 Å². The van der Waals surface area contributed by atoms with Crippen molar-refractivity contribution in [1.29, 1.82) is 0 Å². The van der Waals surface area contributed by atoms with Gasteiger partial charge in [0.05, 0.1) is 0 Å². The van der Waals surface area contributed by atoms with Gasteiger partial charge in [-0.25, -0.2) is 0 Å². The molecule has 122 valence electrons. The topological polar surface area (TPSA) is 37.3 Å². The van der Waals surface area contributed by atoms with E-state index in [4.69, 9.17) is 5.11 Å². The highest BCUT2D eigenvalue weighted by Crippen LogP contribution is 2.42. The van der Waals surface area contributed by atoms with Crippen molar-refractivity contribution in [1.82, 2.24) is 0 Å². The number of hydrogen-bond acceptors (Lipinski definition) is 1. The lowest BCUT2D eigenvalue weighted by Gasteiger charge is -1.99. The first-order valence-corrected chi connectivity index (χ1v) is 9.14. The molecule has 0 heterocycles. The van der Waals surface area contributed by atoms with Gasteiger partial charge in [-0.05, 0) is 38.0 Å². The molecule has 1 atom stereocenters. The Balaban J connectivity index is 1.85. The third-order valence-electron chi connectivity index (χ3n) is 4.50. The Bertz CT molecular complexity index is 307. The summed E-state index contributed by atoms with van der Waals surface area (Å²) in [5, 5.41) is 8.56. The maximum atomic E-state index is 10.4. The Hall–Kier alpha value is -0.790. The number of hydrogen-bond donors (Lipinski definition) is 1. The third-order valence-corrected chi connectivity index (χ3v) is 4.50. The molecule has 1 unspecified atom stereocenters. The van der Waals surface area contributed by atoms with E-state index in [0.29, 0.717) is 6.42 Å². The van der Waals surface area contributed by atoms with E-state index in [1.54, 1.807) is 5.57 Å². The summed E-state index contributed by atoms with van der Waals surface area (Å²) in [5.74, 6) is 0.224. The lowest BCUT2D eigenvalue weighted by molar-refractivity contribution is -0.137. The number of carboxylic acid groups (broad SMARTS) is 1. The molecule has 2 heteroatoms. The quantitative estimate of drug-likeness (QED) is 0.310. The van der Waals surface area contributed by atoms with Crippen molar-refractivity contribution in [3.63, 3.8) is 0 Å². The molecule has 0 radical (unpaired) electrons. The zero-order valence-electron chi connectivity index (χ0n) is 13.9. The zero-order chi connectivity index (χ0) is 15.3. The second-order valence-electron chi connectivity index (χ2n) is 6.58. The molecule has 0 aromatic carbocycles. The average Bonchev–Trinajstić information content (AvgIpc) is 3.20. The minimum absolute atomic E-state index is 0.340. The van der Waals surface area contributed by atoms with Gasteiger partial charge in [0.1, 0.15) is 0 Å². The van der Waals surface area contributed by atoms with Gasteiger partial charge in [0.15, 0.2) is 0 Å². The largest absolute Gasteiger partial charge is 0.481 e. The van der Waals surface area contributed by atoms with Crippen LogP contribution in [-0.2, 0) is 4.79 Å². The first-order valence-electron chi connectivity index (χ1n) is 9.14. The fourth-order valence-electron chi connectivity index (χ4n) is 3.00. The van der Waals surface area contributed by atoms with E-state index in [1.807, 2.05) is 0 Å². The number of carbonyl (C=O) groups is 1. The Morgan fingerprint density at radius 2 is 1.71 bits per heavy atom. The Morgan fingerprint density at radius 1 is 1.05 bits per heavy atom. The highest BCUT2D eigenvalue weighted by Gasteiger charge is 2.27. The van der Waals surface area contributed by atoms with Gasteiger partial charge < -0.3 is 5.11 Å². The fourth-order valence-corrected chi connectivity index (χ4v) is 3.00. The zero-order valence-corrected chi connectivity index (χ0v) is 13.9. The van der Waals surface area contributed by atoms with Crippen LogP contribution >= 0.6 is 0 Å². The maximum Gasteiger partial charge on any atom is 0.303 e. The number of rotatable bonds is 14. The first-order chi connectivity index (χ1) is 10.2. The molecule has 1 fully saturated rings. The van der Waals surface area contributed by atoms with Gasteiger partial charge in [-0.3, -0.25) is 4.79 Å². The molecule has 2 nitrogen and oxygen atoms in total. The molecule has 0 amide bonds. The molecule has 1 N–H and O–H groups in total. The molecule has 0 bridgehead atoms. The average molecular weight is 294 g/mol. The van der Waals surface area contributed by atoms with Gasteiger partial charge in [0, 0.05) is 6.42 Å². The number of aliphatic carboxylic acids is 1. The van der Waals surface area contributed by atoms with Crippen molar-refractivity contribution >= 4 is 5.97 Å². The Kier molecular flexibility index (Phi) is 10.3. The normalized spacial score (nSPS) is 19.1. The molecule has 0 spiro atoms. The lowest BCUT2D eigenvalue weighted by Crippen LogP contribution is -1.93. The highest BCUT2D eigenvalue weighted by atomic mass is 16.4. The SMILES string of the molecule is CCCCCCCC/C=C1\CC1CCCCCCC(=O)O. The predicted molar refractivity (Wildman–Crippen MR) is 89.5 cm³/mol. The van der Waals surface area contributed by atoms with E-state index in [9.17, 15) is 4.79 Å². The third kappa shape index (κ3) is 10.6. The first kappa shape index (κ1) is 18.3. The molecular weight excluding hydrogens is 260 g/mol. The van der Waals surface area contributed by atoms with Gasteiger partial charge in [0.2, 0.25) is 0 Å². The van der Waals surface area contributed by atoms with Crippen LogP contribution in [0, 0.1) is 5.92 Å². The van der Waals surface area contributed by atoms with Crippen molar-refractivity contribution in [2.75, 3.05) is 0 Å². The molecule has 1 aliphatic rings. The smallest absolute Gasteiger partial charge is 0.303 e. The minimum atomic E-state index is -0.655. The van der Waals surface area contributed by atoms with Crippen LogP contribution in [-0.4, -0.2) is 11.1 Å². The molecule has 1 saturated carbocycles. The summed E-state index contributed by atoms with van der Waals surface area (Å²) in [6.45, 7) is 2.27. The van der Waals surface area contributed by atoms with Crippen molar-refractivity contribution in [3.05, 3.63) is 11.6 Å². The van der Waals surface area contributed by atoms with Crippen LogP contribution in [0.1, 0.15) is 96.8 Å². The van der Waals surface area contributed by atoms with Crippen LogP contribution in [0.2, 0.25) is 0 Å². The second kappa shape index (κ2) is 11.8. The molecule has 1 aliphatic carbocycles. The summed E-state index contributed by atoms with van der Waals surface area (Å²) in [4.78, 5) is 10.4. The summed E-state index contributed by atoms with van der Waals surface area (Å²) in [6, 6.07) is 0. The van der Waals surface area contributed by atoms with Crippen molar-refractivity contribution in [2.24, 2.45) is 5.92 Å². The van der Waals surface area contributed by atoms with Crippen molar-refractivity contribution in [3.8, 4) is 0 Å². The number of allylic oxidation sites excluding steroid dienone is 2. The molecule has 0 saturated heterocycles. The standard InChI is InChI=1S/C19H34O2/c1-2-3-4-5-6-7-10-13-17-16-18(17)14-11-8-9-12-15-19(20)21/h13,18H,2-12,14-16H2,1H3,(H,20,21)/b17-13+. The van der Waals surface area contributed by atoms with Crippen LogP contribution in [0.4, 0.5) is 0 Å². The minimum Gasteiger partial charge on any atom is -0.481 e. The van der Waals surface area contributed by atoms with E-state index >= 15 is 0 Å². The molecule has 0 aromatic rings. The summed E-state index contributed by atoms with van der Waals surface area (Å²) < 4.78 is 0. The Labute approximate surface area is 131 Å². The van der Waals surface area contributed by atoms with Crippen molar-refractivity contribution < 1.29 is 9.90 Å². The summed E-state index contributed by atoms with van der Waals surface area (Å²) >= 11 is 0. The second-order valence-corrected chi connectivity index (χ2v) is 6.58. The monoisotopic (exact) mass is 294 g/mol. The number of carboxylic acids is 1.